The molecule has 0 atom stereocenters. The van der Waals surface area contributed by atoms with Crippen molar-refractivity contribution in [1.29, 1.82) is 0 Å². The summed E-state index contributed by atoms with van der Waals surface area (Å²) in [6, 6.07) is 5.37. The van der Waals surface area contributed by atoms with Crippen molar-refractivity contribution in [1.82, 2.24) is 4.90 Å². The van der Waals surface area contributed by atoms with Gasteiger partial charge in [0.15, 0.2) is 0 Å². The number of anilines is 1. The molecule has 3 N–H and O–H groups in total. The number of aliphatic hydroxyl groups is 1. The van der Waals surface area contributed by atoms with Crippen LogP contribution in [0.2, 0.25) is 0 Å². The first-order valence-corrected chi connectivity index (χ1v) is 7.02. The Morgan fingerprint density at radius 2 is 2.25 bits per heavy atom. The van der Waals surface area contributed by atoms with Crippen LogP contribution >= 0.6 is 0 Å². The topological polar surface area (TPSA) is 75.8 Å². The van der Waals surface area contributed by atoms with Crippen molar-refractivity contribution < 1.29 is 14.6 Å². The SMILES string of the molecule is COc1ccc(N)cc1C(=O)N(CCCO)C1CCC1. The first kappa shape index (κ1) is 14.7. The predicted octanol–water partition coefficient (Wildman–Crippen LogP) is 1.65. The molecular weight excluding hydrogens is 256 g/mol. The largest absolute Gasteiger partial charge is 0.496 e. The number of hydrogen-bond donors (Lipinski definition) is 2. The Bertz CT molecular complexity index is 472. The van der Waals surface area contributed by atoms with Crippen LogP contribution in [0.1, 0.15) is 36.0 Å². The van der Waals surface area contributed by atoms with Crippen LogP contribution in [0.3, 0.4) is 0 Å². The lowest BCUT2D eigenvalue weighted by Crippen LogP contribution is -2.45. The molecule has 1 amide bonds. The smallest absolute Gasteiger partial charge is 0.257 e. The molecule has 0 heterocycles. The van der Waals surface area contributed by atoms with Crippen molar-refractivity contribution in [3.8, 4) is 5.75 Å². The summed E-state index contributed by atoms with van der Waals surface area (Å²) in [5.41, 5.74) is 6.82. The first-order valence-electron chi connectivity index (χ1n) is 7.02. The third kappa shape index (κ3) is 3.04. The number of aliphatic hydroxyl groups excluding tert-OH is 1. The Kier molecular flexibility index (Phi) is 4.84. The van der Waals surface area contributed by atoms with E-state index in [-0.39, 0.29) is 18.6 Å². The van der Waals surface area contributed by atoms with Crippen molar-refractivity contribution in [2.24, 2.45) is 0 Å². The number of benzene rings is 1. The number of nitrogens with two attached hydrogens (primary N) is 1. The molecule has 1 aliphatic rings. The zero-order chi connectivity index (χ0) is 14.5. The van der Waals surface area contributed by atoms with E-state index >= 15 is 0 Å². The van der Waals surface area contributed by atoms with Gasteiger partial charge in [-0.05, 0) is 43.9 Å². The summed E-state index contributed by atoms with van der Waals surface area (Å²) in [6.45, 7) is 0.655. The summed E-state index contributed by atoms with van der Waals surface area (Å²) in [5, 5.41) is 9.00. The van der Waals surface area contributed by atoms with Crippen LogP contribution in [0.15, 0.2) is 18.2 Å². The van der Waals surface area contributed by atoms with Gasteiger partial charge in [0.25, 0.3) is 5.91 Å². The maximum absolute atomic E-state index is 12.7. The molecule has 0 unspecified atom stereocenters. The molecule has 1 aliphatic carbocycles. The van der Waals surface area contributed by atoms with Crippen LogP contribution in [0.25, 0.3) is 0 Å². The van der Waals surface area contributed by atoms with Gasteiger partial charge in [0.1, 0.15) is 5.75 Å². The lowest BCUT2D eigenvalue weighted by atomic mass is 9.90. The Hall–Kier alpha value is -1.75. The molecule has 0 aliphatic heterocycles. The normalized spacial score (nSPS) is 14.7. The standard InChI is InChI=1S/C15H22N2O3/c1-20-14-7-6-11(16)10-13(14)15(19)17(8-3-9-18)12-4-2-5-12/h6-7,10,12,18H,2-5,8-9,16H2,1H3. The molecule has 5 nitrogen and oxygen atoms in total. The summed E-state index contributed by atoms with van der Waals surface area (Å²) in [7, 11) is 1.55. The average Bonchev–Trinajstić information content (AvgIpc) is 2.40. The number of carbonyl (C=O) groups is 1. The van der Waals surface area contributed by atoms with Crippen LogP contribution < -0.4 is 10.5 Å². The number of hydrogen-bond acceptors (Lipinski definition) is 4. The number of nitrogens with zero attached hydrogens (tertiary/aromatic N) is 1. The van der Waals surface area contributed by atoms with Gasteiger partial charge < -0.3 is 20.5 Å². The second-order valence-corrected chi connectivity index (χ2v) is 5.12. The summed E-state index contributed by atoms with van der Waals surface area (Å²) in [5.74, 6) is 0.477. The molecule has 110 valence electrons. The van der Waals surface area contributed by atoms with E-state index in [1.165, 1.54) is 0 Å². The van der Waals surface area contributed by atoms with Crippen LogP contribution in [0, 0.1) is 0 Å². The van der Waals surface area contributed by atoms with Crippen molar-refractivity contribution in [3.05, 3.63) is 23.8 Å². The maximum Gasteiger partial charge on any atom is 0.257 e. The fraction of sp³-hybridized carbons (Fsp3) is 0.533. The number of amides is 1. The van der Waals surface area contributed by atoms with Gasteiger partial charge in [0.05, 0.1) is 12.7 Å². The van der Waals surface area contributed by atoms with Gasteiger partial charge in [0.2, 0.25) is 0 Å². The maximum atomic E-state index is 12.7. The molecule has 0 bridgehead atoms. The van der Waals surface area contributed by atoms with Gasteiger partial charge in [-0.2, -0.15) is 0 Å². The quantitative estimate of drug-likeness (QED) is 0.776. The first-order chi connectivity index (χ1) is 9.67. The highest BCUT2D eigenvalue weighted by Crippen LogP contribution is 2.29. The van der Waals surface area contributed by atoms with Crippen molar-refractivity contribution in [2.75, 3.05) is 26.0 Å². The lowest BCUT2D eigenvalue weighted by molar-refractivity contribution is 0.0559. The third-order valence-corrected chi connectivity index (χ3v) is 3.79. The highest BCUT2D eigenvalue weighted by molar-refractivity contribution is 5.98. The number of nitrogen functional groups attached to an aromatic ring is 1. The number of methoxy groups -OCH3 is 1. The fourth-order valence-electron chi connectivity index (χ4n) is 2.44. The predicted molar refractivity (Wildman–Crippen MR) is 77.8 cm³/mol. The molecule has 0 aromatic heterocycles. The van der Waals surface area contributed by atoms with Crippen molar-refractivity contribution in [3.63, 3.8) is 0 Å². The Balaban J connectivity index is 2.23. The van der Waals surface area contributed by atoms with Crippen LogP contribution in [-0.2, 0) is 0 Å². The molecule has 2 rings (SSSR count). The van der Waals surface area contributed by atoms with E-state index in [4.69, 9.17) is 15.6 Å². The van der Waals surface area contributed by atoms with Crippen molar-refractivity contribution >= 4 is 11.6 Å². The highest BCUT2D eigenvalue weighted by atomic mass is 16.5. The minimum absolute atomic E-state index is 0.0627. The van der Waals surface area contributed by atoms with E-state index in [2.05, 4.69) is 0 Å². The molecule has 5 heteroatoms. The Morgan fingerprint density at radius 1 is 1.50 bits per heavy atom. The number of carbonyl (C=O) groups excluding carboxylic acids is 1. The minimum Gasteiger partial charge on any atom is -0.496 e. The highest BCUT2D eigenvalue weighted by Gasteiger charge is 2.30. The lowest BCUT2D eigenvalue weighted by Gasteiger charge is -2.37. The van der Waals surface area contributed by atoms with E-state index < -0.39 is 0 Å². The number of rotatable bonds is 6. The van der Waals surface area contributed by atoms with Gasteiger partial charge in [-0.15, -0.1) is 0 Å². The molecule has 20 heavy (non-hydrogen) atoms. The Labute approximate surface area is 119 Å². The second-order valence-electron chi connectivity index (χ2n) is 5.12. The fourth-order valence-corrected chi connectivity index (χ4v) is 2.44. The summed E-state index contributed by atoms with van der Waals surface area (Å²) in [4.78, 5) is 14.6. The zero-order valence-electron chi connectivity index (χ0n) is 11.8. The molecular formula is C15H22N2O3. The van der Waals surface area contributed by atoms with Crippen LogP contribution in [-0.4, -0.2) is 42.2 Å². The van der Waals surface area contributed by atoms with Crippen LogP contribution in [0.4, 0.5) is 5.69 Å². The molecule has 1 saturated carbocycles. The van der Waals surface area contributed by atoms with Gasteiger partial charge in [-0.3, -0.25) is 4.79 Å². The molecule has 0 saturated heterocycles. The number of ether oxygens (including phenoxy) is 1. The minimum atomic E-state index is -0.0627. The molecule has 1 aromatic rings. The zero-order valence-corrected chi connectivity index (χ0v) is 11.8. The van der Waals surface area contributed by atoms with E-state index in [9.17, 15) is 4.79 Å². The molecule has 0 radical (unpaired) electrons. The van der Waals surface area contributed by atoms with E-state index in [0.29, 0.717) is 30.0 Å². The molecule has 0 spiro atoms. The third-order valence-electron chi connectivity index (χ3n) is 3.79. The monoisotopic (exact) mass is 278 g/mol. The average molecular weight is 278 g/mol. The Morgan fingerprint density at radius 3 is 2.80 bits per heavy atom. The second kappa shape index (κ2) is 6.61. The summed E-state index contributed by atoms with van der Waals surface area (Å²) >= 11 is 0. The van der Waals surface area contributed by atoms with Crippen molar-refractivity contribution in [2.45, 2.75) is 31.7 Å². The van der Waals surface area contributed by atoms with E-state index in [0.717, 1.165) is 19.3 Å². The summed E-state index contributed by atoms with van der Waals surface area (Å²) < 4.78 is 5.26. The van der Waals surface area contributed by atoms with E-state index in [1.807, 2.05) is 4.90 Å². The molecule has 1 fully saturated rings. The van der Waals surface area contributed by atoms with Gasteiger partial charge in [-0.1, -0.05) is 0 Å². The van der Waals surface area contributed by atoms with Crippen LogP contribution in [0.5, 0.6) is 5.75 Å². The van der Waals surface area contributed by atoms with Gasteiger partial charge in [-0.25, -0.2) is 0 Å². The summed E-state index contributed by atoms with van der Waals surface area (Å²) in [6.07, 6.45) is 3.80. The van der Waals surface area contributed by atoms with Gasteiger partial charge >= 0.3 is 0 Å². The van der Waals surface area contributed by atoms with Gasteiger partial charge in [0, 0.05) is 24.9 Å². The molecule has 1 aromatic carbocycles. The van der Waals surface area contributed by atoms with E-state index in [1.54, 1.807) is 25.3 Å².